The van der Waals surface area contributed by atoms with Gasteiger partial charge in [0.05, 0.1) is 4.90 Å². The van der Waals surface area contributed by atoms with Gasteiger partial charge in [-0.05, 0) is 48.5 Å². The van der Waals surface area contributed by atoms with Crippen LogP contribution < -0.4 is 10.0 Å². The lowest BCUT2D eigenvalue weighted by Gasteiger charge is -2.08. The second kappa shape index (κ2) is 10.3. The number of anilines is 2. The van der Waals surface area contributed by atoms with E-state index in [1.807, 2.05) is 0 Å². The van der Waals surface area contributed by atoms with E-state index in [0.717, 1.165) is 0 Å². The fraction of sp³-hybridized carbons (Fsp3) is 0.0526. The zero-order chi connectivity index (χ0) is 23.8. The van der Waals surface area contributed by atoms with E-state index in [1.54, 1.807) is 36.4 Å². The second-order valence-electron chi connectivity index (χ2n) is 5.82. The summed E-state index contributed by atoms with van der Waals surface area (Å²) in [5.41, 5.74) is 0.739. The van der Waals surface area contributed by atoms with Crippen molar-refractivity contribution in [3.05, 3.63) is 78.8 Å². The third-order valence-corrected chi connectivity index (χ3v) is 4.84. The predicted molar refractivity (Wildman–Crippen MR) is 107 cm³/mol. The smallest absolute Gasteiger partial charge is 0.475 e. The molecule has 168 valence electrons. The summed E-state index contributed by atoms with van der Waals surface area (Å²) in [5.74, 6) is -2.90. The van der Waals surface area contributed by atoms with Gasteiger partial charge in [-0.3, -0.25) is 14.5 Å². The second-order valence-corrected chi connectivity index (χ2v) is 7.50. The number of carbonyl (C=O) groups is 2. The molecule has 0 saturated carbocycles. The van der Waals surface area contributed by atoms with Gasteiger partial charge < -0.3 is 10.4 Å². The highest BCUT2D eigenvalue weighted by molar-refractivity contribution is 7.92. The maximum atomic E-state index is 12.3. The molecule has 0 bridgehead atoms. The average Bonchev–Trinajstić information content (AvgIpc) is 2.75. The maximum absolute atomic E-state index is 12.3. The van der Waals surface area contributed by atoms with Gasteiger partial charge in [-0.1, -0.05) is 12.1 Å². The lowest BCUT2D eigenvalue weighted by atomic mass is 10.3. The Kier molecular flexibility index (Phi) is 7.85. The number of rotatable bonds is 5. The summed E-state index contributed by atoms with van der Waals surface area (Å²) >= 11 is 0. The minimum absolute atomic E-state index is 0.0639. The zero-order valence-corrected chi connectivity index (χ0v) is 16.8. The molecule has 32 heavy (non-hydrogen) atoms. The number of nitrogens with one attached hydrogen (secondary N) is 2. The van der Waals surface area contributed by atoms with Gasteiger partial charge in [-0.15, -0.1) is 0 Å². The van der Waals surface area contributed by atoms with Crippen molar-refractivity contribution in [2.45, 2.75) is 11.1 Å². The number of halogens is 3. The van der Waals surface area contributed by atoms with Gasteiger partial charge in [-0.25, -0.2) is 18.2 Å². The van der Waals surface area contributed by atoms with E-state index >= 15 is 0 Å². The van der Waals surface area contributed by atoms with Crippen LogP contribution in [-0.4, -0.2) is 41.5 Å². The Bertz CT molecular complexity index is 1160. The molecule has 3 aromatic rings. The number of nitrogens with zero attached hydrogens (tertiary/aromatic N) is 2. The van der Waals surface area contributed by atoms with E-state index < -0.39 is 22.2 Å². The number of hydrogen-bond donors (Lipinski definition) is 3. The molecular weight excluding hydrogens is 453 g/mol. The lowest BCUT2D eigenvalue weighted by Crippen LogP contribution is -2.21. The van der Waals surface area contributed by atoms with Crippen molar-refractivity contribution >= 4 is 33.4 Å². The van der Waals surface area contributed by atoms with Crippen LogP contribution in [0.2, 0.25) is 0 Å². The van der Waals surface area contributed by atoms with E-state index in [4.69, 9.17) is 9.90 Å². The molecule has 0 atom stereocenters. The van der Waals surface area contributed by atoms with Crippen LogP contribution in [0.15, 0.2) is 78.0 Å². The Hall–Kier alpha value is -4.00. The average molecular weight is 468 g/mol. The number of alkyl halides is 3. The Morgan fingerprint density at radius 1 is 0.875 bits per heavy atom. The van der Waals surface area contributed by atoms with Crippen LogP contribution in [0.1, 0.15) is 10.5 Å². The van der Waals surface area contributed by atoms with Crippen LogP contribution in [0, 0.1) is 0 Å². The first kappa shape index (κ1) is 24.3. The lowest BCUT2D eigenvalue weighted by molar-refractivity contribution is -0.192. The molecule has 0 saturated heterocycles. The topological polar surface area (TPSA) is 138 Å². The van der Waals surface area contributed by atoms with Crippen LogP contribution in [0.3, 0.4) is 0 Å². The van der Waals surface area contributed by atoms with E-state index in [0.29, 0.717) is 5.69 Å². The Labute approximate surface area is 180 Å². The van der Waals surface area contributed by atoms with E-state index in [-0.39, 0.29) is 22.3 Å². The van der Waals surface area contributed by atoms with Gasteiger partial charge in [0, 0.05) is 18.1 Å². The summed E-state index contributed by atoms with van der Waals surface area (Å²) in [7, 11) is -3.75. The van der Waals surface area contributed by atoms with Crippen molar-refractivity contribution in [1.29, 1.82) is 0 Å². The van der Waals surface area contributed by atoms with E-state index in [9.17, 15) is 26.4 Å². The summed E-state index contributed by atoms with van der Waals surface area (Å²) in [6.45, 7) is 0. The SMILES string of the molecule is O=C(Nc1ccc(S(=O)(=O)Nc2ccccn2)cc1)c1ccccn1.O=C(O)C(F)(F)F. The van der Waals surface area contributed by atoms with Gasteiger partial charge in [0.1, 0.15) is 11.5 Å². The molecule has 9 nitrogen and oxygen atoms in total. The Morgan fingerprint density at radius 3 is 1.91 bits per heavy atom. The highest BCUT2D eigenvalue weighted by atomic mass is 32.2. The summed E-state index contributed by atoms with van der Waals surface area (Å²) in [6, 6.07) is 15.8. The molecule has 1 amide bonds. The van der Waals surface area contributed by atoms with Crippen molar-refractivity contribution in [1.82, 2.24) is 9.97 Å². The molecular formula is C19H15F3N4O5S. The number of amides is 1. The number of aromatic nitrogens is 2. The number of carboxylic acids is 1. The molecule has 1 aromatic carbocycles. The minimum atomic E-state index is -5.08. The highest BCUT2D eigenvalue weighted by Gasteiger charge is 2.38. The molecule has 13 heteroatoms. The molecule has 2 heterocycles. The molecule has 0 fully saturated rings. The minimum Gasteiger partial charge on any atom is -0.475 e. The normalized spacial score (nSPS) is 11.0. The van der Waals surface area contributed by atoms with E-state index in [2.05, 4.69) is 20.0 Å². The number of hydrogen-bond acceptors (Lipinski definition) is 6. The van der Waals surface area contributed by atoms with Crippen LogP contribution in [0.5, 0.6) is 0 Å². The molecule has 0 aliphatic heterocycles. The van der Waals surface area contributed by atoms with Gasteiger partial charge >= 0.3 is 12.1 Å². The van der Waals surface area contributed by atoms with Gasteiger partial charge in [-0.2, -0.15) is 13.2 Å². The van der Waals surface area contributed by atoms with Crippen molar-refractivity contribution in [3.8, 4) is 0 Å². The van der Waals surface area contributed by atoms with Crippen molar-refractivity contribution in [2.24, 2.45) is 0 Å². The Balaban J connectivity index is 0.000000451. The molecule has 0 radical (unpaired) electrons. The predicted octanol–water partition coefficient (Wildman–Crippen LogP) is 3.16. The van der Waals surface area contributed by atoms with Crippen LogP contribution in [-0.2, 0) is 14.8 Å². The van der Waals surface area contributed by atoms with E-state index in [1.165, 1.54) is 36.7 Å². The van der Waals surface area contributed by atoms with Gasteiger partial charge in [0.2, 0.25) is 0 Å². The molecule has 0 aliphatic carbocycles. The van der Waals surface area contributed by atoms with Crippen molar-refractivity contribution in [2.75, 3.05) is 10.0 Å². The number of pyridine rings is 2. The fourth-order valence-electron chi connectivity index (χ4n) is 2.03. The third-order valence-electron chi connectivity index (χ3n) is 3.47. The summed E-state index contributed by atoms with van der Waals surface area (Å²) in [6.07, 6.45) is -2.07. The van der Waals surface area contributed by atoms with Crippen LogP contribution in [0.25, 0.3) is 0 Å². The molecule has 3 rings (SSSR count). The molecule has 3 N–H and O–H groups in total. The van der Waals surface area contributed by atoms with Crippen molar-refractivity contribution in [3.63, 3.8) is 0 Å². The third kappa shape index (κ3) is 7.36. The summed E-state index contributed by atoms with van der Waals surface area (Å²) < 4.78 is 58.7. The largest absolute Gasteiger partial charge is 0.490 e. The first-order valence-electron chi connectivity index (χ1n) is 8.55. The van der Waals surface area contributed by atoms with Crippen LogP contribution >= 0.6 is 0 Å². The molecule has 0 unspecified atom stereocenters. The fourth-order valence-corrected chi connectivity index (χ4v) is 3.04. The van der Waals surface area contributed by atoms with Crippen molar-refractivity contribution < 1.29 is 36.3 Å². The summed E-state index contributed by atoms with van der Waals surface area (Å²) in [5, 5.41) is 9.78. The standard InChI is InChI=1S/C17H14N4O3S.C2HF3O2/c22-17(15-5-1-3-11-18-15)20-13-7-9-14(10-8-13)25(23,24)21-16-6-2-4-12-19-16;3-2(4,5)1(6)7/h1-12H,(H,19,21)(H,20,22);(H,6,7). The zero-order valence-electron chi connectivity index (χ0n) is 15.9. The van der Waals surface area contributed by atoms with Gasteiger partial charge in [0.25, 0.3) is 15.9 Å². The highest BCUT2D eigenvalue weighted by Crippen LogP contribution is 2.17. The number of sulfonamides is 1. The van der Waals surface area contributed by atoms with Gasteiger partial charge in [0.15, 0.2) is 0 Å². The maximum Gasteiger partial charge on any atom is 0.490 e. The van der Waals surface area contributed by atoms with Crippen LogP contribution in [0.4, 0.5) is 24.7 Å². The molecule has 2 aromatic heterocycles. The monoisotopic (exact) mass is 468 g/mol. The quantitative estimate of drug-likeness (QED) is 0.523. The number of aliphatic carboxylic acids is 1. The number of carboxylic acid groups (broad SMARTS) is 1. The molecule has 0 aliphatic rings. The first-order chi connectivity index (χ1) is 15.0. The molecule has 0 spiro atoms. The number of benzene rings is 1. The first-order valence-corrected chi connectivity index (χ1v) is 10.0. The number of carbonyl (C=O) groups excluding carboxylic acids is 1. The summed E-state index contributed by atoms with van der Waals surface area (Å²) in [4.78, 5) is 28.9. The Morgan fingerprint density at radius 2 is 1.44 bits per heavy atom.